The molecule has 0 atom stereocenters. The fourth-order valence-electron chi connectivity index (χ4n) is 2.62. The fraction of sp³-hybridized carbons (Fsp3) is 0.400. The van der Waals surface area contributed by atoms with Crippen LogP contribution in [-0.2, 0) is 4.74 Å². The molecule has 2 rings (SSSR count). The molecule has 0 saturated heterocycles. The molecule has 0 heterocycles. The Bertz CT molecular complexity index is 458. The molecular weight excluding hydrogens is 270 g/mol. The highest BCUT2D eigenvalue weighted by Crippen LogP contribution is 2.26. The molecule has 0 bridgehead atoms. The molecule has 0 amide bonds. The first kappa shape index (κ1) is 16.7. The first-order valence-corrected chi connectivity index (χ1v) is 8.33. The molecule has 0 radical (unpaired) electrons. The van der Waals surface area contributed by atoms with Crippen molar-refractivity contribution in [2.75, 3.05) is 13.2 Å². The normalized spacial score (nSPS) is 11.0. The van der Waals surface area contributed by atoms with Crippen molar-refractivity contribution in [3.05, 3.63) is 71.8 Å². The average molecular weight is 297 g/mol. The van der Waals surface area contributed by atoms with Crippen molar-refractivity contribution >= 4 is 0 Å². The minimum absolute atomic E-state index is 0.0337. The van der Waals surface area contributed by atoms with Crippen molar-refractivity contribution in [3.8, 4) is 0 Å². The number of ether oxygens (including phenoxy) is 1. The van der Waals surface area contributed by atoms with E-state index in [-0.39, 0.29) is 6.10 Å². The van der Waals surface area contributed by atoms with E-state index in [9.17, 15) is 0 Å². The maximum Gasteiger partial charge on any atom is 0.108 e. The Morgan fingerprint density at radius 2 is 1.18 bits per heavy atom. The lowest BCUT2D eigenvalue weighted by atomic mass is 10.0. The van der Waals surface area contributed by atoms with Crippen LogP contribution in [0.15, 0.2) is 60.7 Å². The van der Waals surface area contributed by atoms with Crippen molar-refractivity contribution in [2.24, 2.45) is 5.73 Å². The van der Waals surface area contributed by atoms with Crippen LogP contribution in [0.2, 0.25) is 0 Å². The van der Waals surface area contributed by atoms with Gasteiger partial charge in [0.1, 0.15) is 6.10 Å². The molecule has 0 aliphatic rings. The predicted octanol–water partition coefficient (Wildman–Crippen LogP) is 4.70. The highest BCUT2D eigenvalue weighted by Gasteiger charge is 2.13. The standard InChI is InChI=1S/C20H27NO/c21-16-10-2-1-3-11-17-22-20(18-12-6-4-7-13-18)19-14-8-5-9-15-19/h4-9,12-15,20H,1-3,10-11,16-17,21H2. The molecular formula is C20H27NO. The van der Waals surface area contributed by atoms with E-state index in [2.05, 4.69) is 48.5 Å². The Balaban J connectivity index is 1.87. The highest BCUT2D eigenvalue weighted by atomic mass is 16.5. The van der Waals surface area contributed by atoms with Crippen LogP contribution >= 0.6 is 0 Å². The Morgan fingerprint density at radius 1 is 0.682 bits per heavy atom. The third kappa shape index (κ3) is 5.63. The van der Waals surface area contributed by atoms with Gasteiger partial charge in [0.05, 0.1) is 0 Å². The highest BCUT2D eigenvalue weighted by molar-refractivity contribution is 5.29. The second-order valence-corrected chi connectivity index (χ2v) is 5.63. The van der Waals surface area contributed by atoms with Gasteiger partial charge in [0.15, 0.2) is 0 Å². The molecule has 2 nitrogen and oxygen atoms in total. The van der Waals surface area contributed by atoms with Gasteiger partial charge in [-0.25, -0.2) is 0 Å². The van der Waals surface area contributed by atoms with Gasteiger partial charge in [-0.05, 0) is 30.5 Å². The van der Waals surface area contributed by atoms with Crippen molar-refractivity contribution < 1.29 is 4.74 Å². The van der Waals surface area contributed by atoms with Gasteiger partial charge in [0.2, 0.25) is 0 Å². The molecule has 0 aliphatic carbocycles. The zero-order valence-corrected chi connectivity index (χ0v) is 13.3. The van der Waals surface area contributed by atoms with E-state index in [4.69, 9.17) is 10.5 Å². The van der Waals surface area contributed by atoms with Gasteiger partial charge in [-0.1, -0.05) is 79.9 Å². The Morgan fingerprint density at radius 3 is 1.73 bits per heavy atom. The van der Waals surface area contributed by atoms with Gasteiger partial charge in [0, 0.05) is 6.61 Å². The first-order chi connectivity index (χ1) is 10.9. The number of nitrogens with two attached hydrogens (primary N) is 1. The molecule has 118 valence electrons. The van der Waals surface area contributed by atoms with E-state index in [1.165, 1.54) is 30.4 Å². The summed E-state index contributed by atoms with van der Waals surface area (Å²) in [6.07, 6.45) is 5.99. The molecule has 0 unspecified atom stereocenters. The third-order valence-corrected chi connectivity index (χ3v) is 3.84. The van der Waals surface area contributed by atoms with Crippen LogP contribution in [0.4, 0.5) is 0 Å². The van der Waals surface area contributed by atoms with Gasteiger partial charge >= 0.3 is 0 Å². The summed E-state index contributed by atoms with van der Waals surface area (Å²) in [5.41, 5.74) is 7.95. The lowest BCUT2D eigenvalue weighted by Gasteiger charge is -2.19. The summed E-state index contributed by atoms with van der Waals surface area (Å²) >= 11 is 0. The van der Waals surface area contributed by atoms with Crippen LogP contribution in [0.5, 0.6) is 0 Å². The van der Waals surface area contributed by atoms with Gasteiger partial charge in [0.25, 0.3) is 0 Å². The first-order valence-electron chi connectivity index (χ1n) is 8.33. The van der Waals surface area contributed by atoms with E-state index < -0.39 is 0 Å². The number of rotatable bonds is 10. The summed E-state index contributed by atoms with van der Waals surface area (Å²) in [6, 6.07) is 20.9. The molecule has 0 saturated carbocycles. The lowest BCUT2D eigenvalue weighted by Crippen LogP contribution is -2.07. The van der Waals surface area contributed by atoms with Crippen LogP contribution in [0.1, 0.15) is 49.3 Å². The number of hydrogen-bond donors (Lipinski definition) is 1. The van der Waals surface area contributed by atoms with Crippen LogP contribution in [0.25, 0.3) is 0 Å². The summed E-state index contributed by atoms with van der Waals surface area (Å²) in [4.78, 5) is 0. The van der Waals surface area contributed by atoms with Gasteiger partial charge in [-0.2, -0.15) is 0 Å². The minimum Gasteiger partial charge on any atom is -0.369 e. The van der Waals surface area contributed by atoms with E-state index in [1.807, 2.05) is 12.1 Å². The monoisotopic (exact) mass is 297 g/mol. The Hall–Kier alpha value is -1.64. The molecule has 2 heteroatoms. The number of benzene rings is 2. The van der Waals surface area contributed by atoms with Crippen LogP contribution in [-0.4, -0.2) is 13.2 Å². The largest absolute Gasteiger partial charge is 0.369 e. The predicted molar refractivity (Wildman–Crippen MR) is 92.8 cm³/mol. The Kier molecular flexibility index (Phi) is 7.71. The summed E-state index contributed by atoms with van der Waals surface area (Å²) in [6.45, 7) is 1.61. The summed E-state index contributed by atoms with van der Waals surface area (Å²) in [5.74, 6) is 0. The maximum atomic E-state index is 6.20. The summed E-state index contributed by atoms with van der Waals surface area (Å²) in [7, 11) is 0. The fourth-order valence-corrected chi connectivity index (χ4v) is 2.62. The van der Waals surface area contributed by atoms with Crippen molar-refractivity contribution in [1.29, 1.82) is 0 Å². The van der Waals surface area contributed by atoms with Crippen LogP contribution in [0, 0.1) is 0 Å². The molecule has 22 heavy (non-hydrogen) atoms. The topological polar surface area (TPSA) is 35.2 Å². The van der Waals surface area contributed by atoms with Crippen molar-refractivity contribution in [3.63, 3.8) is 0 Å². The Labute approximate surface area is 134 Å². The summed E-state index contributed by atoms with van der Waals surface area (Å²) < 4.78 is 6.20. The van der Waals surface area contributed by atoms with Crippen LogP contribution < -0.4 is 5.73 Å². The minimum atomic E-state index is 0.0337. The second-order valence-electron chi connectivity index (χ2n) is 5.63. The molecule has 2 N–H and O–H groups in total. The van der Waals surface area contributed by atoms with E-state index >= 15 is 0 Å². The van der Waals surface area contributed by atoms with Gasteiger partial charge in [-0.15, -0.1) is 0 Å². The van der Waals surface area contributed by atoms with E-state index in [1.54, 1.807) is 0 Å². The van der Waals surface area contributed by atoms with Crippen molar-refractivity contribution in [1.82, 2.24) is 0 Å². The molecule has 0 spiro atoms. The van der Waals surface area contributed by atoms with Crippen molar-refractivity contribution in [2.45, 2.75) is 38.2 Å². The smallest absolute Gasteiger partial charge is 0.108 e. The molecule has 2 aromatic rings. The third-order valence-electron chi connectivity index (χ3n) is 3.84. The van der Waals surface area contributed by atoms with Crippen LogP contribution in [0.3, 0.4) is 0 Å². The quantitative estimate of drug-likeness (QED) is 0.645. The molecule has 2 aromatic carbocycles. The zero-order chi connectivity index (χ0) is 15.5. The average Bonchev–Trinajstić information content (AvgIpc) is 2.59. The number of hydrogen-bond acceptors (Lipinski definition) is 2. The van der Waals surface area contributed by atoms with Gasteiger partial charge in [-0.3, -0.25) is 0 Å². The molecule has 0 fully saturated rings. The van der Waals surface area contributed by atoms with E-state index in [0.29, 0.717) is 0 Å². The second kappa shape index (κ2) is 10.1. The SMILES string of the molecule is NCCCCCCCOC(c1ccccc1)c1ccccc1. The maximum absolute atomic E-state index is 6.20. The lowest BCUT2D eigenvalue weighted by molar-refractivity contribution is 0.0768. The van der Waals surface area contributed by atoms with Gasteiger partial charge < -0.3 is 10.5 Å². The summed E-state index contributed by atoms with van der Waals surface area (Å²) in [5, 5.41) is 0. The number of unbranched alkanes of at least 4 members (excludes halogenated alkanes) is 4. The zero-order valence-electron chi connectivity index (χ0n) is 13.3. The molecule has 0 aliphatic heterocycles. The molecule has 0 aromatic heterocycles. The van der Waals surface area contributed by atoms with E-state index in [0.717, 1.165) is 26.0 Å².